The molecule has 1 atom stereocenters. The molecule has 132 valence electrons. The second kappa shape index (κ2) is 8.16. The minimum absolute atomic E-state index is 0.345. The second-order valence-corrected chi connectivity index (χ2v) is 5.55. The molecule has 5 heteroatoms. The fourth-order valence-corrected chi connectivity index (χ4v) is 2.56. The molecule has 3 aromatic rings. The van der Waals surface area contributed by atoms with Crippen LogP contribution < -0.4 is 9.47 Å². The van der Waals surface area contributed by atoms with Gasteiger partial charge >= 0.3 is 5.97 Å². The van der Waals surface area contributed by atoms with Crippen molar-refractivity contribution in [3.63, 3.8) is 0 Å². The number of benzene rings is 2. The molecule has 0 aliphatic carbocycles. The molecule has 3 rings (SSSR count). The number of hydrogen-bond acceptors (Lipinski definition) is 5. The summed E-state index contributed by atoms with van der Waals surface area (Å²) in [6, 6.07) is 20.0. The number of ether oxygens (including phenoxy) is 3. The van der Waals surface area contributed by atoms with Crippen LogP contribution in [0.1, 0.15) is 27.7 Å². The Morgan fingerprint density at radius 2 is 1.54 bits per heavy atom. The minimum atomic E-state index is -0.609. The van der Waals surface area contributed by atoms with Gasteiger partial charge in [0.15, 0.2) is 6.10 Å². The van der Waals surface area contributed by atoms with Gasteiger partial charge in [-0.3, -0.25) is 4.98 Å². The molecular formula is C21H19NO4. The number of nitrogens with zero attached hydrogens (tertiary/aromatic N) is 1. The molecule has 0 aliphatic rings. The molecule has 26 heavy (non-hydrogen) atoms. The normalized spacial score (nSPS) is 11.5. The first-order valence-corrected chi connectivity index (χ1v) is 8.11. The summed E-state index contributed by atoms with van der Waals surface area (Å²) in [7, 11) is 3.06. The predicted molar refractivity (Wildman–Crippen MR) is 97.5 cm³/mol. The van der Waals surface area contributed by atoms with Crippen molar-refractivity contribution in [3.05, 3.63) is 89.7 Å². The molecule has 5 nitrogen and oxygen atoms in total. The minimum Gasteiger partial charge on any atom is -0.497 e. The number of methoxy groups -OCH3 is 2. The summed E-state index contributed by atoms with van der Waals surface area (Å²) in [6.07, 6.45) is 1.07. The van der Waals surface area contributed by atoms with Gasteiger partial charge in [0.2, 0.25) is 0 Å². The smallest absolute Gasteiger partial charge is 0.339 e. The van der Waals surface area contributed by atoms with Crippen LogP contribution in [-0.4, -0.2) is 25.2 Å². The maximum absolute atomic E-state index is 12.8. The molecule has 1 aromatic heterocycles. The van der Waals surface area contributed by atoms with E-state index < -0.39 is 12.1 Å². The molecule has 0 bridgehead atoms. The van der Waals surface area contributed by atoms with Gasteiger partial charge in [-0.05, 0) is 29.8 Å². The van der Waals surface area contributed by atoms with Crippen LogP contribution in [0.3, 0.4) is 0 Å². The fourth-order valence-electron chi connectivity index (χ4n) is 2.56. The first-order chi connectivity index (χ1) is 12.7. The number of carbonyl (C=O) groups is 1. The van der Waals surface area contributed by atoms with Crippen LogP contribution in [0.15, 0.2) is 72.9 Å². The molecule has 0 saturated carbocycles. The Kier molecular flexibility index (Phi) is 5.49. The van der Waals surface area contributed by atoms with Crippen LogP contribution >= 0.6 is 0 Å². The summed E-state index contributed by atoms with van der Waals surface area (Å²) in [6.45, 7) is 0. The first kappa shape index (κ1) is 17.5. The standard InChI is InChI=1S/C21H19NO4/c1-24-17-12-16(13-18(14-17)25-2)21(23)26-20(15-8-4-3-5-9-15)19-10-6-7-11-22-19/h3-14,20H,1-2H3. The second-order valence-electron chi connectivity index (χ2n) is 5.55. The number of esters is 1. The molecular weight excluding hydrogens is 330 g/mol. The summed E-state index contributed by atoms with van der Waals surface area (Å²) in [5, 5.41) is 0. The maximum atomic E-state index is 12.8. The van der Waals surface area contributed by atoms with E-state index in [9.17, 15) is 4.79 Å². The Balaban J connectivity index is 1.93. The van der Waals surface area contributed by atoms with E-state index in [1.54, 1.807) is 24.4 Å². The van der Waals surface area contributed by atoms with Crippen LogP contribution in [0.25, 0.3) is 0 Å². The summed E-state index contributed by atoms with van der Waals surface area (Å²) in [5.74, 6) is 0.553. The molecule has 0 spiro atoms. The zero-order valence-corrected chi connectivity index (χ0v) is 14.6. The lowest BCUT2D eigenvalue weighted by atomic mass is 10.1. The third-order valence-electron chi connectivity index (χ3n) is 3.87. The lowest BCUT2D eigenvalue weighted by molar-refractivity contribution is 0.0370. The zero-order chi connectivity index (χ0) is 18.4. The quantitative estimate of drug-likeness (QED) is 0.629. The largest absolute Gasteiger partial charge is 0.497 e. The lowest BCUT2D eigenvalue weighted by Crippen LogP contribution is -2.14. The number of pyridine rings is 1. The topological polar surface area (TPSA) is 57.7 Å². The zero-order valence-electron chi connectivity index (χ0n) is 14.6. The van der Waals surface area contributed by atoms with Crippen molar-refractivity contribution in [1.29, 1.82) is 0 Å². The van der Waals surface area contributed by atoms with E-state index >= 15 is 0 Å². The van der Waals surface area contributed by atoms with Gasteiger partial charge in [-0.2, -0.15) is 0 Å². The Bertz CT molecular complexity index is 804. The van der Waals surface area contributed by atoms with Gasteiger partial charge in [-0.25, -0.2) is 4.79 Å². The van der Waals surface area contributed by atoms with Gasteiger partial charge in [0.25, 0.3) is 0 Å². The Morgan fingerprint density at radius 1 is 0.885 bits per heavy atom. The number of rotatable bonds is 6. The lowest BCUT2D eigenvalue weighted by Gasteiger charge is -2.18. The molecule has 0 amide bonds. The molecule has 0 saturated heterocycles. The van der Waals surface area contributed by atoms with Crippen LogP contribution in [0, 0.1) is 0 Å². The van der Waals surface area contributed by atoms with Crippen molar-refractivity contribution in [1.82, 2.24) is 4.98 Å². The number of aromatic nitrogens is 1. The van der Waals surface area contributed by atoms with Crippen molar-refractivity contribution in [2.45, 2.75) is 6.10 Å². The van der Waals surface area contributed by atoms with Crippen molar-refractivity contribution in [2.75, 3.05) is 14.2 Å². The van der Waals surface area contributed by atoms with E-state index in [4.69, 9.17) is 14.2 Å². The van der Waals surface area contributed by atoms with Crippen LogP contribution in [0.5, 0.6) is 11.5 Å². The number of carbonyl (C=O) groups excluding carboxylic acids is 1. The molecule has 0 radical (unpaired) electrons. The summed E-state index contributed by atoms with van der Waals surface area (Å²) in [5.41, 5.74) is 1.84. The van der Waals surface area contributed by atoms with Crippen LogP contribution in [0.2, 0.25) is 0 Å². The summed E-state index contributed by atoms with van der Waals surface area (Å²) < 4.78 is 16.2. The van der Waals surface area contributed by atoms with Gasteiger partial charge in [-0.1, -0.05) is 36.4 Å². The van der Waals surface area contributed by atoms with Gasteiger partial charge in [0.1, 0.15) is 11.5 Å². The molecule has 1 heterocycles. The van der Waals surface area contributed by atoms with Gasteiger partial charge in [0, 0.05) is 12.3 Å². The SMILES string of the molecule is COc1cc(OC)cc(C(=O)OC(c2ccccc2)c2ccccn2)c1. The average Bonchev–Trinajstić information content (AvgIpc) is 2.72. The highest BCUT2D eigenvalue weighted by Crippen LogP contribution is 2.28. The fraction of sp³-hybridized carbons (Fsp3) is 0.143. The highest BCUT2D eigenvalue weighted by Gasteiger charge is 2.22. The Morgan fingerprint density at radius 3 is 2.12 bits per heavy atom. The van der Waals surface area contributed by atoms with Gasteiger partial charge in [0.05, 0.1) is 25.5 Å². The third kappa shape index (κ3) is 4.00. The van der Waals surface area contributed by atoms with Gasteiger partial charge < -0.3 is 14.2 Å². The monoisotopic (exact) mass is 349 g/mol. The van der Waals surface area contributed by atoms with Crippen molar-refractivity contribution < 1.29 is 19.0 Å². The first-order valence-electron chi connectivity index (χ1n) is 8.11. The maximum Gasteiger partial charge on any atom is 0.339 e. The molecule has 1 unspecified atom stereocenters. The third-order valence-corrected chi connectivity index (χ3v) is 3.87. The average molecular weight is 349 g/mol. The highest BCUT2D eigenvalue weighted by molar-refractivity contribution is 5.90. The van der Waals surface area contributed by atoms with E-state index in [0.717, 1.165) is 5.56 Å². The van der Waals surface area contributed by atoms with Crippen molar-refractivity contribution in [3.8, 4) is 11.5 Å². The van der Waals surface area contributed by atoms with E-state index in [1.807, 2.05) is 48.5 Å². The van der Waals surface area contributed by atoms with Gasteiger partial charge in [-0.15, -0.1) is 0 Å². The predicted octanol–water partition coefficient (Wildman–Crippen LogP) is 4.05. The van der Waals surface area contributed by atoms with E-state index in [2.05, 4.69) is 4.98 Å². The molecule has 0 fully saturated rings. The van der Waals surface area contributed by atoms with Crippen LogP contribution in [0.4, 0.5) is 0 Å². The van der Waals surface area contributed by atoms with Crippen molar-refractivity contribution in [2.24, 2.45) is 0 Å². The van der Waals surface area contributed by atoms with E-state index in [1.165, 1.54) is 14.2 Å². The van der Waals surface area contributed by atoms with E-state index in [-0.39, 0.29) is 0 Å². The molecule has 0 N–H and O–H groups in total. The molecule has 0 aliphatic heterocycles. The summed E-state index contributed by atoms with van der Waals surface area (Å²) in [4.78, 5) is 17.1. The Hall–Kier alpha value is -3.34. The summed E-state index contributed by atoms with van der Waals surface area (Å²) >= 11 is 0. The van der Waals surface area contributed by atoms with Crippen LogP contribution in [-0.2, 0) is 4.74 Å². The Labute approximate surface area is 152 Å². The van der Waals surface area contributed by atoms with Crippen molar-refractivity contribution >= 4 is 5.97 Å². The number of hydrogen-bond donors (Lipinski definition) is 0. The highest BCUT2D eigenvalue weighted by atomic mass is 16.5. The molecule has 2 aromatic carbocycles. The van der Waals surface area contributed by atoms with E-state index in [0.29, 0.717) is 22.8 Å².